The van der Waals surface area contributed by atoms with Crippen LogP contribution in [0.15, 0.2) is 42.5 Å². The van der Waals surface area contributed by atoms with Gasteiger partial charge in [-0.1, -0.05) is 38.5 Å². The number of nitrogens with two attached hydrogens (primary N) is 1. The topological polar surface area (TPSA) is 95.7 Å². The Morgan fingerprint density at radius 1 is 0.897 bits per heavy atom. The molecule has 0 aliphatic heterocycles. The van der Waals surface area contributed by atoms with E-state index in [1.165, 1.54) is 25.1 Å². The van der Waals surface area contributed by atoms with Gasteiger partial charge >= 0.3 is 11.9 Å². The lowest BCUT2D eigenvalue weighted by Gasteiger charge is -2.25. The monoisotopic (exact) mass is 419 g/mol. The summed E-state index contributed by atoms with van der Waals surface area (Å²) in [7, 11) is 0. The van der Waals surface area contributed by atoms with Gasteiger partial charge in [0.05, 0.1) is 11.6 Å². The average Bonchev–Trinajstić information content (AvgIpc) is 2.61. The molecule has 6 nitrogen and oxygen atoms in total. The Hall–Kier alpha value is -2.70. The van der Waals surface area contributed by atoms with Crippen molar-refractivity contribution >= 4 is 30.1 Å². The molecule has 0 aliphatic carbocycles. The fraction of sp³-hybridized carbons (Fsp3) is 0.318. The molecule has 2 rings (SSSR count). The van der Waals surface area contributed by atoms with E-state index in [0.29, 0.717) is 5.56 Å². The summed E-state index contributed by atoms with van der Waals surface area (Å²) in [6, 6.07) is 10.4. The van der Waals surface area contributed by atoms with Crippen molar-refractivity contribution in [1.29, 1.82) is 0 Å². The van der Waals surface area contributed by atoms with E-state index in [1.54, 1.807) is 24.3 Å². The molecule has 2 N–H and O–H groups in total. The molecular weight excluding hydrogens is 394 g/mol. The number of Topliss-reactive ketones (excluding diaryl/α,β-unsaturated/α-hetero) is 1. The van der Waals surface area contributed by atoms with Gasteiger partial charge in [-0.2, -0.15) is 0 Å². The van der Waals surface area contributed by atoms with Crippen molar-refractivity contribution < 1.29 is 23.9 Å². The third kappa shape index (κ3) is 6.41. The molecule has 0 aliphatic rings. The van der Waals surface area contributed by atoms with Gasteiger partial charge in [-0.25, -0.2) is 4.79 Å². The molecule has 0 radical (unpaired) electrons. The Bertz CT molecular complexity index is 900. The van der Waals surface area contributed by atoms with Crippen LogP contribution in [0.4, 0.5) is 0 Å². The van der Waals surface area contributed by atoms with Gasteiger partial charge < -0.3 is 15.2 Å². The minimum absolute atomic E-state index is 0. The van der Waals surface area contributed by atoms with Crippen LogP contribution < -0.4 is 15.2 Å². The molecule has 0 spiro atoms. The molecule has 1 atom stereocenters. The number of aryl methyl sites for hydroxylation is 1. The summed E-state index contributed by atoms with van der Waals surface area (Å²) in [5, 5.41) is 0. The Morgan fingerprint density at radius 3 is 1.97 bits per heavy atom. The van der Waals surface area contributed by atoms with Crippen molar-refractivity contribution in [3.63, 3.8) is 0 Å². The van der Waals surface area contributed by atoms with Gasteiger partial charge in [0.1, 0.15) is 0 Å². The zero-order valence-electron chi connectivity index (χ0n) is 17.1. The Kier molecular flexibility index (Phi) is 8.12. The molecule has 2 aromatic rings. The van der Waals surface area contributed by atoms with Gasteiger partial charge in [-0.15, -0.1) is 12.4 Å². The molecule has 29 heavy (non-hydrogen) atoms. The van der Waals surface area contributed by atoms with Crippen LogP contribution in [-0.4, -0.2) is 23.8 Å². The molecule has 0 heterocycles. The lowest BCUT2D eigenvalue weighted by atomic mass is 9.83. The number of halogens is 1. The Morgan fingerprint density at radius 2 is 1.45 bits per heavy atom. The highest BCUT2D eigenvalue weighted by molar-refractivity contribution is 6.01. The van der Waals surface area contributed by atoms with E-state index in [0.717, 1.165) is 5.56 Å². The minimum Gasteiger partial charge on any atom is -0.423 e. The fourth-order valence-corrected chi connectivity index (χ4v) is 2.40. The second-order valence-corrected chi connectivity index (χ2v) is 7.72. The standard InChI is InChI=1S/C22H25NO5.ClH/c1-13-6-8-15(9-7-13)21(26)28-18-12-16(10-11-17(18)27-14(2)24)19(25)20(23)22(3,4)5;/h6-12,20H,23H2,1-5H3;1H. The van der Waals surface area contributed by atoms with Gasteiger partial charge in [0.15, 0.2) is 17.3 Å². The number of hydrogen-bond acceptors (Lipinski definition) is 6. The zero-order valence-corrected chi connectivity index (χ0v) is 18.0. The van der Waals surface area contributed by atoms with Crippen molar-refractivity contribution in [1.82, 2.24) is 0 Å². The maximum Gasteiger partial charge on any atom is 0.343 e. The normalized spacial score (nSPS) is 11.8. The minimum atomic E-state index is -0.743. The number of esters is 2. The van der Waals surface area contributed by atoms with E-state index < -0.39 is 23.4 Å². The first kappa shape index (κ1) is 24.3. The number of carbonyl (C=O) groups is 3. The van der Waals surface area contributed by atoms with Gasteiger partial charge in [0.2, 0.25) is 0 Å². The maximum atomic E-state index is 12.7. The second-order valence-electron chi connectivity index (χ2n) is 7.72. The SMILES string of the molecule is CC(=O)Oc1ccc(C(=O)C(N)C(C)(C)C)cc1OC(=O)c1ccc(C)cc1.Cl. The summed E-state index contributed by atoms with van der Waals surface area (Å²) in [4.78, 5) is 36.5. The van der Waals surface area contributed by atoms with Gasteiger partial charge in [0.25, 0.3) is 0 Å². The summed E-state index contributed by atoms with van der Waals surface area (Å²) in [6.07, 6.45) is 0. The number of rotatable bonds is 5. The predicted molar refractivity (Wildman–Crippen MR) is 113 cm³/mol. The van der Waals surface area contributed by atoms with Crippen molar-refractivity contribution in [3.05, 3.63) is 59.2 Å². The predicted octanol–water partition coefficient (Wildman–Crippen LogP) is 4.12. The first-order valence-corrected chi connectivity index (χ1v) is 8.90. The molecule has 0 saturated heterocycles. The van der Waals surface area contributed by atoms with Crippen molar-refractivity contribution in [2.75, 3.05) is 0 Å². The number of benzene rings is 2. The van der Waals surface area contributed by atoms with Crippen LogP contribution in [0.2, 0.25) is 0 Å². The number of hydrogen-bond donors (Lipinski definition) is 1. The second kappa shape index (κ2) is 9.67. The summed E-state index contributed by atoms with van der Waals surface area (Å²) in [5.74, 6) is -1.47. The molecule has 0 amide bonds. The Labute approximate surface area is 176 Å². The molecular formula is C22H26ClNO5. The van der Waals surface area contributed by atoms with Crippen molar-refractivity contribution in [2.45, 2.75) is 40.7 Å². The van der Waals surface area contributed by atoms with Crippen LogP contribution in [0.5, 0.6) is 11.5 Å². The highest BCUT2D eigenvalue weighted by Crippen LogP contribution is 2.31. The third-order valence-corrected chi connectivity index (χ3v) is 4.19. The van der Waals surface area contributed by atoms with E-state index in [1.807, 2.05) is 27.7 Å². The molecule has 7 heteroatoms. The van der Waals surface area contributed by atoms with Gasteiger partial charge in [-0.3, -0.25) is 9.59 Å². The number of ether oxygens (including phenoxy) is 2. The molecule has 0 aromatic heterocycles. The summed E-state index contributed by atoms with van der Waals surface area (Å²) in [6.45, 7) is 8.73. The number of carbonyl (C=O) groups excluding carboxylic acids is 3. The summed E-state index contributed by atoms with van der Waals surface area (Å²) >= 11 is 0. The lowest BCUT2D eigenvalue weighted by molar-refractivity contribution is -0.132. The smallest absolute Gasteiger partial charge is 0.343 e. The molecule has 156 valence electrons. The van der Waals surface area contributed by atoms with Crippen LogP contribution in [0.3, 0.4) is 0 Å². The molecule has 0 bridgehead atoms. The fourth-order valence-electron chi connectivity index (χ4n) is 2.40. The average molecular weight is 420 g/mol. The van der Waals surface area contributed by atoms with Gasteiger partial charge in [-0.05, 0) is 42.7 Å². The summed E-state index contributed by atoms with van der Waals surface area (Å²) in [5.41, 5.74) is 7.22. The highest BCUT2D eigenvalue weighted by atomic mass is 35.5. The van der Waals surface area contributed by atoms with Gasteiger partial charge in [0, 0.05) is 12.5 Å². The lowest BCUT2D eigenvalue weighted by Crippen LogP contribution is -2.42. The van der Waals surface area contributed by atoms with Crippen molar-refractivity contribution in [3.8, 4) is 11.5 Å². The Balaban J connectivity index is 0.00000420. The number of ketones is 1. The van der Waals surface area contributed by atoms with E-state index in [4.69, 9.17) is 15.2 Å². The highest BCUT2D eigenvalue weighted by Gasteiger charge is 2.29. The van der Waals surface area contributed by atoms with Crippen LogP contribution in [0, 0.1) is 12.3 Å². The van der Waals surface area contributed by atoms with E-state index in [-0.39, 0.29) is 35.3 Å². The van der Waals surface area contributed by atoms with E-state index in [2.05, 4.69) is 0 Å². The van der Waals surface area contributed by atoms with Crippen molar-refractivity contribution in [2.24, 2.45) is 11.1 Å². The summed E-state index contributed by atoms with van der Waals surface area (Å²) < 4.78 is 10.5. The quantitative estimate of drug-likeness (QED) is 0.445. The van der Waals surface area contributed by atoms with E-state index in [9.17, 15) is 14.4 Å². The van der Waals surface area contributed by atoms with Crippen LogP contribution in [0.1, 0.15) is 54.0 Å². The molecule has 2 aromatic carbocycles. The molecule has 1 unspecified atom stereocenters. The molecule has 0 fully saturated rings. The van der Waals surface area contributed by atoms with Crippen LogP contribution in [0.25, 0.3) is 0 Å². The van der Waals surface area contributed by atoms with Crippen LogP contribution in [-0.2, 0) is 4.79 Å². The molecule has 0 saturated carbocycles. The van der Waals surface area contributed by atoms with E-state index >= 15 is 0 Å². The first-order valence-electron chi connectivity index (χ1n) is 8.90. The zero-order chi connectivity index (χ0) is 21.1. The maximum absolute atomic E-state index is 12.7. The third-order valence-electron chi connectivity index (χ3n) is 4.19. The van der Waals surface area contributed by atoms with Crippen LogP contribution >= 0.6 is 12.4 Å². The largest absolute Gasteiger partial charge is 0.423 e. The first-order chi connectivity index (χ1) is 13.0.